The summed E-state index contributed by atoms with van der Waals surface area (Å²) in [6, 6.07) is 0. The molecule has 1 atom stereocenters. The molecule has 0 aromatic rings. The summed E-state index contributed by atoms with van der Waals surface area (Å²) in [6.45, 7) is 1.77. The van der Waals surface area contributed by atoms with Crippen LogP contribution in [0.2, 0.25) is 0 Å². The number of ether oxygens (including phenoxy) is 2. The van der Waals surface area contributed by atoms with E-state index in [9.17, 15) is 13.2 Å². The van der Waals surface area contributed by atoms with Gasteiger partial charge in [0.2, 0.25) is 0 Å². The van der Waals surface area contributed by atoms with Crippen molar-refractivity contribution in [3.8, 4) is 0 Å². The highest BCUT2D eigenvalue weighted by Gasteiger charge is 2.43. The summed E-state index contributed by atoms with van der Waals surface area (Å²) in [4.78, 5) is 0. The molecule has 0 saturated heterocycles. The lowest BCUT2D eigenvalue weighted by molar-refractivity contribution is -0.169. The Kier molecular flexibility index (Phi) is 6.82. The van der Waals surface area contributed by atoms with Crippen molar-refractivity contribution in [2.45, 2.75) is 13.1 Å². The number of amidine groups is 1. The molecule has 8 heteroatoms. The van der Waals surface area contributed by atoms with E-state index in [1.165, 1.54) is 0 Å². The lowest BCUT2D eigenvalue weighted by atomic mass is 10.1. The number of rotatable bonds is 7. The maximum absolute atomic E-state index is 12.3. The Bertz CT molecular complexity index is 221. The first-order chi connectivity index (χ1) is 7.43. The van der Waals surface area contributed by atoms with Crippen molar-refractivity contribution >= 4 is 5.84 Å². The summed E-state index contributed by atoms with van der Waals surface area (Å²) in [5.74, 6) is -3.01. The molecular weight excluding hydrogens is 229 g/mol. The Labute approximate surface area is 91.0 Å². The van der Waals surface area contributed by atoms with Crippen LogP contribution in [0.15, 0.2) is 5.16 Å². The van der Waals surface area contributed by atoms with Gasteiger partial charge in [0.15, 0.2) is 5.84 Å². The second-order valence-electron chi connectivity index (χ2n) is 2.89. The van der Waals surface area contributed by atoms with Crippen LogP contribution in [0.3, 0.4) is 0 Å². The van der Waals surface area contributed by atoms with Crippen molar-refractivity contribution in [3.63, 3.8) is 0 Å². The van der Waals surface area contributed by atoms with Gasteiger partial charge < -0.3 is 20.4 Å². The number of oxime groups is 1. The van der Waals surface area contributed by atoms with Gasteiger partial charge in [0.1, 0.15) is 5.92 Å². The lowest BCUT2D eigenvalue weighted by Gasteiger charge is -2.18. The predicted molar refractivity (Wildman–Crippen MR) is 50.3 cm³/mol. The molecule has 0 aliphatic heterocycles. The molecule has 0 heterocycles. The third-order valence-corrected chi connectivity index (χ3v) is 1.73. The Morgan fingerprint density at radius 1 is 1.38 bits per heavy atom. The van der Waals surface area contributed by atoms with Gasteiger partial charge in [0.05, 0.1) is 19.8 Å². The van der Waals surface area contributed by atoms with Crippen LogP contribution in [0.1, 0.15) is 6.92 Å². The van der Waals surface area contributed by atoms with Gasteiger partial charge in [-0.05, 0) is 6.92 Å². The van der Waals surface area contributed by atoms with Gasteiger partial charge in [-0.1, -0.05) is 5.16 Å². The number of nitrogens with zero attached hydrogens (tertiary/aromatic N) is 1. The molecule has 96 valence electrons. The molecule has 5 nitrogen and oxygen atoms in total. The average Bonchev–Trinajstić information content (AvgIpc) is 2.20. The van der Waals surface area contributed by atoms with Crippen molar-refractivity contribution in [2.24, 2.45) is 16.8 Å². The van der Waals surface area contributed by atoms with Gasteiger partial charge in [-0.3, -0.25) is 0 Å². The molecule has 0 aromatic heterocycles. The number of alkyl halides is 3. The van der Waals surface area contributed by atoms with E-state index in [2.05, 4.69) is 5.16 Å². The number of hydrogen-bond donors (Lipinski definition) is 2. The van der Waals surface area contributed by atoms with Crippen LogP contribution in [-0.2, 0) is 9.47 Å². The zero-order valence-corrected chi connectivity index (χ0v) is 8.83. The van der Waals surface area contributed by atoms with Crippen LogP contribution < -0.4 is 5.73 Å². The molecule has 0 aliphatic rings. The standard InChI is InChI=1S/C8H15F3N2O3/c1-2-15-3-4-16-5-6(7(12)13-14)8(9,10)11/h6,14H,2-5H2,1H3,(H2,12,13). The van der Waals surface area contributed by atoms with E-state index < -0.39 is 24.5 Å². The minimum atomic E-state index is -4.60. The molecule has 1 unspecified atom stereocenters. The van der Waals surface area contributed by atoms with Crippen LogP contribution in [0, 0.1) is 5.92 Å². The minimum absolute atomic E-state index is 0.0269. The molecule has 0 bridgehead atoms. The normalized spacial score (nSPS) is 15.1. The van der Waals surface area contributed by atoms with Crippen molar-refractivity contribution < 1.29 is 27.9 Å². The number of halogens is 3. The van der Waals surface area contributed by atoms with Crippen LogP contribution in [0.25, 0.3) is 0 Å². The molecule has 0 aromatic carbocycles. The van der Waals surface area contributed by atoms with E-state index in [4.69, 9.17) is 20.4 Å². The van der Waals surface area contributed by atoms with Crippen molar-refractivity contribution in [1.82, 2.24) is 0 Å². The zero-order valence-electron chi connectivity index (χ0n) is 8.83. The zero-order chi connectivity index (χ0) is 12.6. The van der Waals surface area contributed by atoms with Crippen molar-refractivity contribution in [1.29, 1.82) is 0 Å². The van der Waals surface area contributed by atoms with E-state index in [1.54, 1.807) is 6.92 Å². The highest BCUT2D eigenvalue weighted by atomic mass is 19.4. The molecule has 0 aliphatic carbocycles. The molecule has 3 N–H and O–H groups in total. The Hall–Kier alpha value is -1.02. The average molecular weight is 244 g/mol. The predicted octanol–water partition coefficient (Wildman–Crippen LogP) is 0.964. The highest BCUT2D eigenvalue weighted by Crippen LogP contribution is 2.26. The molecule has 16 heavy (non-hydrogen) atoms. The summed E-state index contributed by atoms with van der Waals surface area (Å²) in [6.07, 6.45) is -4.60. The summed E-state index contributed by atoms with van der Waals surface area (Å²) >= 11 is 0. The van der Waals surface area contributed by atoms with Crippen LogP contribution >= 0.6 is 0 Å². The Balaban J connectivity index is 4.05. The van der Waals surface area contributed by atoms with Gasteiger partial charge in [0, 0.05) is 6.61 Å². The minimum Gasteiger partial charge on any atom is -0.409 e. The first-order valence-corrected chi connectivity index (χ1v) is 4.63. The fraction of sp³-hybridized carbons (Fsp3) is 0.875. The SMILES string of the molecule is CCOCCOCC(C(N)=NO)C(F)(F)F. The summed E-state index contributed by atoms with van der Waals surface area (Å²) in [5, 5.41) is 10.5. The monoisotopic (exact) mass is 244 g/mol. The Morgan fingerprint density at radius 3 is 2.38 bits per heavy atom. The lowest BCUT2D eigenvalue weighted by Crippen LogP contribution is -2.39. The first kappa shape index (κ1) is 15.0. The number of hydrogen-bond acceptors (Lipinski definition) is 4. The van der Waals surface area contributed by atoms with Gasteiger partial charge in [0.25, 0.3) is 0 Å². The van der Waals surface area contributed by atoms with E-state index in [-0.39, 0.29) is 13.2 Å². The van der Waals surface area contributed by atoms with E-state index in [0.29, 0.717) is 6.61 Å². The second kappa shape index (κ2) is 7.29. The third kappa shape index (κ3) is 5.76. The molecule has 0 saturated carbocycles. The highest BCUT2D eigenvalue weighted by molar-refractivity contribution is 5.83. The topological polar surface area (TPSA) is 77.1 Å². The van der Waals surface area contributed by atoms with Gasteiger partial charge in [-0.2, -0.15) is 13.2 Å². The molecular formula is C8H15F3N2O3. The molecule has 0 radical (unpaired) electrons. The van der Waals surface area contributed by atoms with Gasteiger partial charge >= 0.3 is 6.18 Å². The largest absolute Gasteiger partial charge is 0.409 e. The van der Waals surface area contributed by atoms with E-state index >= 15 is 0 Å². The second-order valence-corrected chi connectivity index (χ2v) is 2.89. The van der Waals surface area contributed by atoms with Crippen LogP contribution in [0.4, 0.5) is 13.2 Å². The van der Waals surface area contributed by atoms with Crippen molar-refractivity contribution in [3.05, 3.63) is 0 Å². The molecule has 0 fully saturated rings. The molecule has 0 rings (SSSR count). The Morgan fingerprint density at radius 2 is 1.94 bits per heavy atom. The summed E-state index contributed by atoms with van der Waals surface area (Å²) < 4.78 is 46.6. The number of nitrogens with two attached hydrogens (primary N) is 1. The van der Waals surface area contributed by atoms with E-state index in [1.807, 2.05) is 0 Å². The van der Waals surface area contributed by atoms with Crippen LogP contribution in [-0.4, -0.2) is 43.6 Å². The first-order valence-electron chi connectivity index (χ1n) is 4.63. The molecule has 0 amide bonds. The molecule has 0 spiro atoms. The maximum Gasteiger partial charge on any atom is 0.401 e. The van der Waals surface area contributed by atoms with Crippen LogP contribution in [0.5, 0.6) is 0 Å². The van der Waals surface area contributed by atoms with Crippen molar-refractivity contribution in [2.75, 3.05) is 26.4 Å². The summed E-state index contributed by atoms with van der Waals surface area (Å²) in [7, 11) is 0. The smallest absolute Gasteiger partial charge is 0.401 e. The fourth-order valence-corrected chi connectivity index (χ4v) is 0.881. The quantitative estimate of drug-likeness (QED) is 0.230. The van der Waals surface area contributed by atoms with Gasteiger partial charge in [-0.25, -0.2) is 0 Å². The van der Waals surface area contributed by atoms with E-state index in [0.717, 1.165) is 0 Å². The third-order valence-electron chi connectivity index (χ3n) is 1.73. The summed E-state index contributed by atoms with van der Waals surface area (Å²) in [5.41, 5.74) is 4.91. The van der Waals surface area contributed by atoms with Gasteiger partial charge in [-0.15, -0.1) is 0 Å². The maximum atomic E-state index is 12.3. The fourth-order valence-electron chi connectivity index (χ4n) is 0.881.